The molecule has 3 nitrogen and oxygen atoms in total. The van der Waals surface area contributed by atoms with Crippen molar-refractivity contribution in [2.24, 2.45) is 5.92 Å². The first-order chi connectivity index (χ1) is 11.3. The van der Waals surface area contributed by atoms with E-state index < -0.39 is 4.33 Å². The molecular formula is C16H18Cl2N2OS3. The van der Waals surface area contributed by atoms with Gasteiger partial charge in [0.1, 0.15) is 4.33 Å². The molecule has 2 aromatic rings. The molecule has 1 aliphatic carbocycles. The Bertz CT molecular complexity index is 748. The molecule has 1 heterocycles. The molecule has 1 aromatic carbocycles. The summed E-state index contributed by atoms with van der Waals surface area (Å²) in [5.74, 6) is 1.74. The molecule has 1 amide bonds. The van der Waals surface area contributed by atoms with Crippen LogP contribution in [0.2, 0.25) is 0 Å². The number of hydrogen-bond acceptors (Lipinski definition) is 5. The third-order valence-corrected chi connectivity index (χ3v) is 7.90. The average Bonchev–Trinajstić information content (AvgIpc) is 2.97. The lowest BCUT2D eigenvalue weighted by molar-refractivity contribution is -0.117. The Labute approximate surface area is 164 Å². The highest BCUT2D eigenvalue weighted by atomic mass is 35.5. The number of thiazole rings is 1. The normalized spacial score (nSPS) is 19.0. The van der Waals surface area contributed by atoms with E-state index in [-0.39, 0.29) is 11.8 Å². The number of carbonyl (C=O) groups excluding carboxylic acids is 1. The largest absolute Gasteiger partial charge is 0.326 e. The van der Waals surface area contributed by atoms with Gasteiger partial charge < -0.3 is 5.32 Å². The summed E-state index contributed by atoms with van der Waals surface area (Å²) in [6.45, 7) is 4.42. The first kappa shape index (κ1) is 18.6. The highest BCUT2D eigenvalue weighted by Crippen LogP contribution is 2.53. The highest BCUT2D eigenvalue weighted by Gasteiger charge is 2.56. The third kappa shape index (κ3) is 4.73. The minimum atomic E-state index is -0.892. The van der Waals surface area contributed by atoms with Crippen molar-refractivity contribution in [2.75, 3.05) is 16.8 Å². The number of amides is 1. The number of nitrogens with zero attached hydrogens (tertiary/aromatic N) is 1. The maximum absolute atomic E-state index is 12.1. The third-order valence-electron chi connectivity index (χ3n) is 3.54. The second kappa shape index (κ2) is 7.62. The minimum Gasteiger partial charge on any atom is -0.326 e. The van der Waals surface area contributed by atoms with Crippen LogP contribution in [0.5, 0.6) is 0 Å². The van der Waals surface area contributed by atoms with E-state index in [0.717, 1.165) is 31.7 Å². The van der Waals surface area contributed by atoms with E-state index in [1.54, 1.807) is 23.1 Å². The summed E-state index contributed by atoms with van der Waals surface area (Å²) in [6.07, 6.45) is 0.514. The zero-order valence-corrected chi connectivity index (χ0v) is 17.3. The molecule has 8 heteroatoms. The van der Waals surface area contributed by atoms with Gasteiger partial charge in [0.25, 0.3) is 0 Å². The summed E-state index contributed by atoms with van der Waals surface area (Å²) >= 11 is 17.3. The molecular weight excluding hydrogens is 403 g/mol. The molecule has 1 aromatic heterocycles. The fourth-order valence-corrected chi connectivity index (χ4v) is 5.71. The summed E-state index contributed by atoms with van der Waals surface area (Å²) in [5, 5.41) is 3.55. The van der Waals surface area contributed by atoms with Crippen LogP contribution in [0.4, 0.5) is 5.69 Å². The molecule has 1 atom stereocenters. The van der Waals surface area contributed by atoms with Gasteiger partial charge in [-0.15, -0.1) is 34.5 Å². The molecule has 0 aliphatic heterocycles. The van der Waals surface area contributed by atoms with Crippen molar-refractivity contribution >= 4 is 79.9 Å². The minimum absolute atomic E-state index is 0.121. The van der Waals surface area contributed by atoms with Crippen LogP contribution in [0.3, 0.4) is 0 Å². The molecule has 1 N–H and O–H groups in total. The standard InChI is InChI=1S/C16H18Cl2N2OS3/c1-9(2)22-5-6-23-15-20-12-4-3-10(7-13(12)24-15)19-14(21)11-8-16(11,17)18/h3-4,7,9,11H,5-6,8H2,1-2H3,(H,19,21). The van der Waals surface area contributed by atoms with Gasteiger partial charge in [0.05, 0.1) is 16.1 Å². The van der Waals surface area contributed by atoms with Crippen LogP contribution in [0.15, 0.2) is 22.5 Å². The quantitative estimate of drug-likeness (QED) is 0.356. The molecule has 130 valence electrons. The monoisotopic (exact) mass is 420 g/mol. The van der Waals surface area contributed by atoms with E-state index in [4.69, 9.17) is 23.2 Å². The number of halogens is 2. The van der Waals surface area contributed by atoms with Crippen molar-refractivity contribution < 1.29 is 4.79 Å². The summed E-state index contributed by atoms with van der Waals surface area (Å²) in [4.78, 5) is 16.7. The lowest BCUT2D eigenvalue weighted by Gasteiger charge is -2.04. The van der Waals surface area contributed by atoms with Crippen molar-refractivity contribution in [3.05, 3.63) is 18.2 Å². The second-order valence-electron chi connectivity index (χ2n) is 5.94. The topological polar surface area (TPSA) is 42.0 Å². The van der Waals surface area contributed by atoms with Gasteiger partial charge in [0.2, 0.25) is 5.91 Å². The zero-order valence-electron chi connectivity index (χ0n) is 13.3. The van der Waals surface area contributed by atoms with Gasteiger partial charge in [-0.25, -0.2) is 4.98 Å². The van der Waals surface area contributed by atoms with Crippen LogP contribution in [0.1, 0.15) is 20.3 Å². The SMILES string of the molecule is CC(C)SCCSc1nc2ccc(NC(=O)C3CC3(Cl)Cl)cc2s1. The molecule has 1 unspecified atom stereocenters. The van der Waals surface area contributed by atoms with E-state index in [2.05, 4.69) is 24.1 Å². The average molecular weight is 421 g/mol. The van der Waals surface area contributed by atoms with E-state index in [0.29, 0.717) is 11.7 Å². The Balaban J connectivity index is 1.60. The lowest BCUT2D eigenvalue weighted by atomic mass is 10.3. The van der Waals surface area contributed by atoms with Gasteiger partial charge in [-0.2, -0.15) is 11.8 Å². The number of hydrogen-bond donors (Lipinski definition) is 1. The van der Waals surface area contributed by atoms with Crippen molar-refractivity contribution in [1.29, 1.82) is 0 Å². The van der Waals surface area contributed by atoms with Gasteiger partial charge in [-0.1, -0.05) is 25.6 Å². The highest BCUT2D eigenvalue weighted by molar-refractivity contribution is 8.04. The van der Waals surface area contributed by atoms with Crippen molar-refractivity contribution in [2.45, 2.75) is 34.2 Å². The number of alkyl halides is 2. The molecule has 1 aliphatic rings. The summed E-state index contributed by atoms with van der Waals surface area (Å²) < 4.78 is 1.25. The van der Waals surface area contributed by atoms with Crippen molar-refractivity contribution in [1.82, 2.24) is 4.98 Å². The maximum atomic E-state index is 12.1. The van der Waals surface area contributed by atoms with Crippen LogP contribution >= 0.6 is 58.1 Å². The number of nitrogens with one attached hydrogen (secondary N) is 1. The molecule has 0 spiro atoms. The Hall–Kier alpha value is -0.140. The number of rotatable bonds is 7. The van der Waals surface area contributed by atoms with E-state index in [9.17, 15) is 4.79 Å². The van der Waals surface area contributed by atoms with Crippen LogP contribution in [0, 0.1) is 5.92 Å². The van der Waals surface area contributed by atoms with Crippen molar-refractivity contribution in [3.63, 3.8) is 0 Å². The summed E-state index contributed by atoms with van der Waals surface area (Å²) in [6, 6.07) is 5.77. The van der Waals surface area contributed by atoms with Crippen LogP contribution in [-0.2, 0) is 4.79 Å². The lowest BCUT2D eigenvalue weighted by Crippen LogP contribution is -2.16. The van der Waals surface area contributed by atoms with Gasteiger partial charge >= 0.3 is 0 Å². The fraction of sp³-hybridized carbons (Fsp3) is 0.500. The van der Waals surface area contributed by atoms with E-state index >= 15 is 0 Å². The van der Waals surface area contributed by atoms with Crippen LogP contribution < -0.4 is 5.32 Å². The summed E-state index contributed by atoms with van der Waals surface area (Å²) in [7, 11) is 0. The molecule has 1 saturated carbocycles. The molecule has 3 rings (SSSR count). The number of anilines is 1. The number of benzene rings is 1. The predicted molar refractivity (Wildman–Crippen MR) is 109 cm³/mol. The Kier molecular flexibility index (Phi) is 5.92. The Morgan fingerprint density at radius 3 is 2.88 bits per heavy atom. The summed E-state index contributed by atoms with van der Waals surface area (Å²) in [5.41, 5.74) is 1.73. The van der Waals surface area contributed by atoms with Crippen LogP contribution in [-0.4, -0.2) is 32.0 Å². The van der Waals surface area contributed by atoms with Gasteiger partial charge in [-0.3, -0.25) is 4.79 Å². The second-order valence-corrected chi connectivity index (χ2v) is 11.5. The van der Waals surface area contributed by atoms with E-state index in [1.807, 2.05) is 30.0 Å². The first-order valence-electron chi connectivity index (χ1n) is 7.69. The predicted octanol–water partition coefficient (Wildman–Crippen LogP) is 5.66. The maximum Gasteiger partial charge on any atom is 0.230 e. The Morgan fingerprint density at radius 1 is 1.46 bits per heavy atom. The molecule has 0 saturated heterocycles. The smallest absolute Gasteiger partial charge is 0.230 e. The molecule has 24 heavy (non-hydrogen) atoms. The van der Waals surface area contributed by atoms with E-state index in [1.165, 1.54) is 0 Å². The number of aromatic nitrogens is 1. The molecule has 1 fully saturated rings. The number of carbonyl (C=O) groups is 1. The van der Waals surface area contributed by atoms with Crippen molar-refractivity contribution in [3.8, 4) is 0 Å². The zero-order chi connectivity index (χ0) is 17.3. The molecule has 0 bridgehead atoms. The van der Waals surface area contributed by atoms with Gasteiger partial charge in [-0.05, 0) is 29.9 Å². The Morgan fingerprint density at radius 2 is 2.21 bits per heavy atom. The first-order valence-corrected chi connectivity index (χ1v) is 11.3. The number of thioether (sulfide) groups is 2. The fourth-order valence-electron chi connectivity index (χ4n) is 2.18. The van der Waals surface area contributed by atoms with Gasteiger partial charge in [0, 0.05) is 17.2 Å². The molecule has 0 radical (unpaired) electrons. The van der Waals surface area contributed by atoms with Gasteiger partial charge in [0.15, 0.2) is 4.34 Å². The number of fused-ring (bicyclic) bond motifs is 1. The van der Waals surface area contributed by atoms with Crippen LogP contribution in [0.25, 0.3) is 10.2 Å².